The van der Waals surface area contributed by atoms with Crippen LogP contribution in [0.5, 0.6) is 0 Å². The first-order chi connectivity index (χ1) is 8.25. The van der Waals surface area contributed by atoms with Gasteiger partial charge in [0.15, 0.2) is 0 Å². The molecule has 1 heterocycles. The molecule has 1 saturated carbocycles. The Labute approximate surface area is 114 Å². The molecule has 3 heteroatoms. The Kier molecular flexibility index (Phi) is 5.33. The summed E-state index contributed by atoms with van der Waals surface area (Å²) in [5.74, 6) is 0.868. The molecule has 1 fully saturated rings. The third-order valence-corrected chi connectivity index (χ3v) is 5.07. The number of rotatable bonds is 4. The highest BCUT2D eigenvalue weighted by Gasteiger charge is 2.18. The van der Waals surface area contributed by atoms with E-state index in [1.165, 1.54) is 43.4 Å². The predicted molar refractivity (Wildman–Crippen MR) is 76.8 cm³/mol. The summed E-state index contributed by atoms with van der Waals surface area (Å²) < 4.78 is 0.893. The maximum atomic E-state index is 5.94. The highest BCUT2D eigenvalue weighted by atomic mass is 35.5. The lowest BCUT2D eigenvalue weighted by atomic mass is 9.93. The molecule has 0 aromatic carbocycles. The molecular weight excluding hydrogens is 250 g/mol. The lowest BCUT2D eigenvalue weighted by molar-refractivity contribution is 0.337. The van der Waals surface area contributed by atoms with Crippen molar-refractivity contribution in [2.75, 3.05) is 0 Å². The van der Waals surface area contributed by atoms with Gasteiger partial charge in [0, 0.05) is 17.5 Å². The molecule has 0 spiro atoms. The van der Waals surface area contributed by atoms with E-state index in [-0.39, 0.29) is 0 Å². The van der Waals surface area contributed by atoms with Gasteiger partial charge in [-0.2, -0.15) is 0 Å². The van der Waals surface area contributed by atoms with Gasteiger partial charge in [0.25, 0.3) is 0 Å². The van der Waals surface area contributed by atoms with Crippen LogP contribution >= 0.6 is 22.9 Å². The third-order valence-electron chi connectivity index (χ3n) is 3.83. The van der Waals surface area contributed by atoms with Crippen LogP contribution in [-0.4, -0.2) is 6.04 Å². The molecule has 1 aliphatic rings. The summed E-state index contributed by atoms with van der Waals surface area (Å²) in [4.78, 5) is 1.34. The first-order valence-electron chi connectivity index (χ1n) is 6.73. The van der Waals surface area contributed by atoms with Crippen LogP contribution in [0.3, 0.4) is 0 Å². The average molecular weight is 272 g/mol. The van der Waals surface area contributed by atoms with Crippen LogP contribution in [0.15, 0.2) is 12.1 Å². The van der Waals surface area contributed by atoms with Crippen LogP contribution in [0.4, 0.5) is 0 Å². The zero-order chi connectivity index (χ0) is 12.1. The van der Waals surface area contributed by atoms with Gasteiger partial charge in [-0.15, -0.1) is 11.3 Å². The van der Waals surface area contributed by atoms with Gasteiger partial charge in [-0.3, -0.25) is 0 Å². The van der Waals surface area contributed by atoms with Crippen molar-refractivity contribution in [3.05, 3.63) is 21.3 Å². The van der Waals surface area contributed by atoms with Crippen molar-refractivity contribution in [3.63, 3.8) is 0 Å². The summed E-state index contributed by atoms with van der Waals surface area (Å²) in [6.07, 6.45) is 8.51. The summed E-state index contributed by atoms with van der Waals surface area (Å²) in [6.45, 7) is 3.31. The topological polar surface area (TPSA) is 12.0 Å². The first kappa shape index (κ1) is 13.4. The second kappa shape index (κ2) is 6.77. The van der Waals surface area contributed by atoms with E-state index in [0.29, 0.717) is 6.04 Å². The normalized spacial score (nSPS) is 20.1. The summed E-state index contributed by atoms with van der Waals surface area (Å²) in [5, 5.41) is 3.66. The quantitative estimate of drug-likeness (QED) is 0.772. The molecule has 1 aromatic heterocycles. The van der Waals surface area contributed by atoms with E-state index in [9.17, 15) is 0 Å². The van der Waals surface area contributed by atoms with Crippen LogP contribution in [0.25, 0.3) is 0 Å². The number of halogens is 1. The molecular formula is C14H22ClNS. The number of hydrogen-bond acceptors (Lipinski definition) is 2. The van der Waals surface area contributed by atoms with Gasteiger partial charge < -0.3 is 5.32 Å². The molecule has 1 aliphatic carbocycles. The second-order valence-corrected chi connectivity index (χ2v) is 6.93. The van der Waals surface area contributed by atoms with E-state index in [2.05, 4.69) is 18.3 Å². The Morgan fingerprint density at radius 1 is 1.29 bits per heavy atom. The second-order valence-electron chi connectivity index (χ2n) is 5.13. The molecule has 0 aliphatic heterocycles. The van der Waals surface area contributed by atoms with Gasteiger partial charge in [-0.25, -0.2) is 0 Å². The molecule has 0 radical (unpaired) electrons. The fraction of sp³-hybridized carbons (Fsp3) is 0.714. The van der Waals surface area contributed by atoms with E-state index >= 15 is 0 Å². The molecule has 0 saturated heterocycles. The Morgan fingerprint density at radius 3 is 2.59 bits per heavy atom. The minimum Gasteiger partial charge on any atom is -0.309 e. The highest BCUT2D eigenvalue weighted by molar-refractivity contribution is 7.16. The maximum absolute atomic E-state index is 5.94. The van der Waals surface area contributed by atoms with E-state index in [4.69, 9.17) is 11.6 Å². The van der Waals surface area contributed by atoms with Gasteiger partial charge in [-0.1, -0.05) is 37.3 Å². The van der Waals surface area contributed by atoms with Crippen molar-refractivity contribution >= 4 is 22.9 Å². The van der Waals surface area contributed by atoms with Gasteiger partial charge in [0.1, 0.15) is 0 Å². The molecule has 1 N–H and O–H groups in total. The highest BCUT2D eigenvalue weighted by Crippen LogP contribution is 2.26. The maximum Gasteiger partial charge on any atom is 0.0931 e. The number of nitrogens with one attached hydrogen (secondary N) is 1. The molecule has 17 heavy (non-hydrogen) atoms. The first-order valence-corrected chi connectivity index (χ1v) is 7.93. The lowest BCUT2D eigenvalue weighted by Crippen LogP contribution is -2.32. The summed E-state index contributed by atoms with van der Waals surface area (Å²) in [6, 6.07) is 4.74. The van der Waals surface area contributed by atoms with Crippen LogP contribution in [-0.2, 0) is 6.54 Å². The molecule has 1 aromatic rings. The molecule has 0 amide bonds. The van der Waals surface area contributed by atoms with Crippen LogP contribution < -0.4 is 5.32 Å². The van der Waals surface area contributed by atoms with E-state index < -0.39 is 0 Å². The molecule has 0 bridgehead atoms. The number of thiophene rings is 1. The molecule has 1 atom stereocenters. The van der Waals surface area contributed by atoms with E-state index in [1.807, 2.05) is 6.07 Å². The van der Waals surface area contributed by atoms with Crippen molar-refractivity contribution in [1.29, 1.82) is 0 Å². The van der Waals surface area contributed by atoms with Crippen molar-refractivity contribution in [2.45, 2.75) is 58.0 Å². The predicted octanol–water partition coefficient (Wildman–Crippen LogP) is 4.85. The smallest absolute Gasteiger partial charge is 0.0931 e. The average Bonchev–Trinajstić information content (AvgIpc) is 2.58. The van der Waals surface area contributed by atoms with Crippen molar-refractivity contribution in [3.8, 4) is 0 Å². The summed E-state index contributed by atoms with van der Waals surface area (Å²) in [7, 11) is 0. The van der Waals surface area contributed by atoms with Gasteiger partial charge in [0.05, 0.1) is 4.34 Å². The fourth-order valence-corrected chi connectivity index (χ4v) is 3.72. The standard InChI is InChI=1S/C14H22ClNS/c1-11(12-6-4-2-3-5-7-12)16-10-13-8-9-14(15)17-13/h8-9,11-12,16H,2-7,10H2,1H3/t11-/m1/s1. The summed E-state index contributed by atoms with van der Waals surface area (Å²) in [5.41, 5.74) is 0. The Hall–Kier alpha value is -0.0500. The third kappa shape index (κ3) is 4.27. The largest absolute Gasteiger partial charge is 0.309 e. The van der Waals surface area contributed by atoms with Gasteiger partial charge in [-0.05, 0) is 37.8 Å². The minimum absolute atomic E-state index is 0.633. The SMILES string of the molecule is C[C@@H](NCc1ccc(Cl)s1)C1CCCCCC1. The fourth-order valence-electron chi connectivity index (χ4n) is 2.69. The van der Waals surface area contributed by atoms with Gasteiger partial charge in [0.2, 0.25) is 0 Å². The minimum atomic E-state index is 0.633. The summed E-state index contributed by atoms with van der Waals surface area (Å²) >= 11 is 7.62. The number of hydrogen-bond donors (Lipinski definition) is 1. The molecule has 96 valence electrons. The van der Waals surface area contributed by atoms with Crippen molar-refractivity contribution < 1.29 is 0 Å². The Balaban J connectivity index is 1.77. The Morgan fingerprint density at radius 2 is 2.00 bits per heavy atom. The molecule has 0 unspecified atom stereocenters. The molecule has 2 rings (SSSR count). The zero-order valence-corrected chi connectivity index (χ0v) is 12.1. The van der Waals surface area contributed by atoms with Gasteiger partial charge >= 0.3 is 0 Å². The monoisotopic (exact) mass is 271 g/mol. The van der Waals surface area contributed by atoms with E-state index in [1.54, 1.807) is 11.3 Å². The van der Waals surface area contributed by atoms with Crippen molar-refractivity contribution in [2.24, 2.45) is 5.92 Å². The lowest BCUT2D eigenvalue weighted by Gasteiger charge is -2.23. The zero-order valence-electron chi connectivity index (χ0n) is 10.5. The van der Waals surface area contributed by atoms with E-state index in [0.717, 1.165) is 16.8 Å². The molecule has 1 nitrogen and oxygen atoms in total. The van der Waals surface area contributed by atoms with Crippen LogP contribution in [0, 0.1) is 5.92 Å². The van der Waals surface area contributed by atoms with Crippen LogP contribution in [0.2, 0.25) is 4.34 Å². The van der Waals surface area contributed by atoms with Crippen LogP contribution in [0.1, 0.15) is 50.3 Å². The van der Waals surface area contributed by atoms with Crippen molar-refractivity contribution in [1.82, 2.24) is 5.32 Å². The Bertz CT molecular complexity index is 329.